The van der Waals surface area contributed by atoms with Crippen molar-refractivity contribution in [1.29, 1.82) is 5.41 Å². The first kappa shape index (κ1) is 10.3. The molecule has 0 aliphatic carbocycles. The molecule has 18 heavy (non-hydrogen) atoms. The molecule has 1 fully saturated rings. The fourth-order valence-electron chi connectivity index (χ4n) is 2.14. The van der Waals surface area contributed by atoms with Gasteiger partial charge in [0.2, 0.25) is 0 Å². The molecule has 1 unspecified atom stereocenters. The molecule has 3 aliphatic heterocycles. The van der Waals surface area contributed by atoms with Crippen LogP contribution < -0.4 is 0 Å². The topological polar surface area (TPSA) is 114 Å². The average molecular weight is 252 g/mol. The van der Waals surface area contributed by atoms with Crippen molar-refractivity contribution in [3.63, 3.8) is 0 Å². The number of aliphatic hydroxyl groups is 2. The van der Waals surface area contributed by atoms with E-state index in [1.165, 1.54) is 17.6 Å². The third-order valence-corrected chi connectivity index (χ3v) is 3.00. The molecule has 0 saturated carbocycles. The van der Waals surface area contributed by atoms with Gasteiger partial charge in [0.1, 0.15) is 18.3 Å². The minimum absolute atomic E-state index is 0.176. The van der Waals surface area contributed by atoms with Gasteiger partial charge in [0, 0.05) is 6.42 Å². The zero-order valence-corrected chi connectivity index (χ0v) is 9.39. The van der Waals surface area contributed by atoms with Gasteiger partial charge in [-0.25, -0.2) is 9.98 Å². The van der Waals surface area contributed by atoms with E-state index in [1.54, 1.807) is 0 Å². The molecule has 0 amide bonds. The van der Waals surface area contributed by atoms with Crippen LogP contribution in [0.4, 0.5) is 0 Å². The second kappa shape index (κ2) is 4.23. The van der Waals surface area contributed by atoms with Crippen LogP contribution in [0.2, 0.25) is 0 Å². The quantitative estimate of drug-likeness (QED) is 0.560. The van der Waals surface area contributed by atoms with Gasteiger partial charge in [0.15, 0.2) is 18.1 Å². The van der Waals surface area contributed by atoms with Crippen molar-refractivity contribution in [2.24, 2.45) is 15.0 Å². The van der Waals surface area contributed by atoms with Crippen LogP contribution >= 0.6 is 0 Å². The predicted octanol–water partition coefficient (Wildman–Crippen LogP) is -1.42. The lowest BCUT2D eigenvalue weighted by Crippen LogP contribution is -2.46. The van der Waals surface area contributed by atoms with E-state index < -0.39 is 24.5 Å². The number of aliphatic imine (C=N–C) groups is 3. The molecule has 0 aromatic carbocycles. The second-order valence-corrected chi connectivity index (χ2v) is 4.18. The Kier molecular flexibility index (Phi) is 2.42. The molecule has 8 heteroatoms. The lowest BCUT2D eigenvalue weighted by molar-refractivity contribution is -0.0485. The molecule has 96 valence electrons. The van der Waals surface area contributed by atoms with Crippen LogP contribution in [0.25, 0.3) is 0 Å². The third-order valence-electron chi connectivity index (χ3n) is 3.00. The highest BCUT2D eigenvalue weighted by molar-refractivity contribution is 6.20. The maximum Gasteiger partial charge on any atom is 0.168 e. The summed E-state index contributed by atoms with van der Waals surface area (Å²) >= 11 is 0. The fourth-order valence-corrected chi connectivity index (χ4v) is 2.14. The fraction of sp³-hybridized carbons (Fsp3) is 0.600. The van der Waals surface area contributed by atoms with Gasteiger partial charge in [-0.05, 0) is 0 Å². The smallest absolute Gasteiger partial charge is 0.168 e. The van der Waals surface area contributed by atoms with Gasteiger partial charge in [-0.3, -0.25) is 15.3 Å². The minimum Gasteiger partial charge on any atom is -0.394 e. The van der Waals surface area contributed by atoms with E-state index in [0.29, 0.717) is 6.42 Å². The molecule has 0 aromatic rings. The van der Waals surface area contributed by atoms with Crippen LogP contribution in [0, 0.1) is 5.41 Å². The number of fused-ring (bicyclic) bond motifs is 1. The van der Waals surface area contributed by atoms with E-state index in [4.69, 9.17) is 16.6 Å². The molecule has 1 saturated heterocycles. The Labute approximate surface area is 104 Å². The van der Waals surface area contributed by atoms with E-state index in [1.807, 2.05) is 0 Å². The summed E-state index contributed by atoms with van der Waals surface area (Å²) in [5.41, 5.74) is 0. The zero-order valence-electron chi connectivity index (χ0n) is 10.4. The Bertz CT molecular complexity index is 507. The normalized spacial score (nSPS) is 43.1. The van der Waals surface area contributed by atoms with Crippen molar-refractivity contribution in [2.45, 2.75) is 30.9 Å². The number of nitrogens with zero attached hydrogens (tertiary/aromatic N) is 4. The van der Waals surface area contributed by atoms with E-state index in [2.05, 4.69) is 15.0 Å². The average Bonchev–Trinajstić information content (AvgIpc) is 2.92. The van der Waals surface area contributed by atoms with Crippen LogP contribution in [-0.2, 0) is 4.74 Å². The number of hydrogen-bond donors (Lipinski definition) is 3. The molecule has 0 bridgehead atoms. The summed E-state index contributed by atoms with van der Waals surface area (Å²) in [6, 6.07) is -1.67. The van der Waals surface area contributed by atoms with Crippen molar-refractivity contribution in [3.8, 4) is 0 Å². The highest BCUT2D eigenvalue weighted by Gasteiger charge is 2.43. The number of ether oxygens (including phenoxy) is 1. The first-order chi connectivity index (χ1) is 9.06. The maximum absolute atomic E-state index is 9.95. The summed E-state index contributed by atoms with van der Waals surface area (Å²) < 4.78 is 13.6. The van der Waals surface area contributed by atoms with Crippen molar-refractivity contribution in [2.75, 3.05) is 6.61 Å². The van der Waals surface area contributed by atoms with Crippen molar-refractivity contribution >= 4 is 24.3 Å². The number of aliphatic hydroxyl groups excluding tert-OH is 2. The molecule has 0 aromatic heterocycles. The first-order valence-electron chi connectivity index (χ1n) is 6.04. The third kappa shape index (κ3) is 1.65. The zero-order chi connectivity index (χ0) is 13.6. The standard InChI is InChI=1S/C10H13N5O3/c11-8-7-9(13-3-12-8)15(4-14-7)10-6(17)1-5(2-16)18-10/h3-7,10-11,16-17H,1-2H2/t5-,6+,7?,10+/m0/s1/i7D. The van der Waals surface area contributed by atoms with Crippen LogP contribution in [0.5, 0.6) is 0 Å². The summed E-state index contributed by atoms with van der Waals surface area (Å²) in [7, 11) is 0. The summed E-state index contributed by atoms with van der Waals surface area (Å²) in [5, 5.41) is 26.7. The SMILES string of the molecule is [2H]C12N=CN([C@@H]3O[C@H](CO)C[C@H]3O)C1=NC=NC2=N. The Morgan fingerprint density at radius 2 is 2.50 bits per heavy atom. The molecular weight excluding hydrogens is 238 g/mol. The second-order valence-electron chi connectivity index (χ2n) is 4.18. The number of nitrogens with one attached hydrogen (secondary N) is 1. The van der Waals surface area contributed by atoms with Crippen molar-refractivity contribution in [1.82, 2.24) is 4.90 Å². The van der Waals surface area contributed by atoms with Gasteiger partial charge in [0.05, 0.1) is 20.4 Å². The van der Waals surface area contributed by atoms with E-state index >= 15 is 0 Å². The van der Waals surface area contributed by atoms with Crippen LogP contribution in [-0.4, -0.2) is 70.5 Å². The summed E-state index contributed by atoms with van der Waals surface area (Å²) in [4.78, 5) is 13.0. The molecule has 3 aliphatic rings. The lowest BCUT2D eigenvalue weighted by atomic mass is 10.2. The molecular formula is C10H13N5O3. The van der Waals surface area contributed by atoms with Crippen molar-refractivity contribution < 1.29 is 16.3 Å². The number of amidine groups is 2. The Balaban J connectivity index is 1.88. The van der Waals surface area contributed by atoms with Gasteiger partial charge in [-0.1, -0.05) is 0 Å². The highest BCUT2D eigenvalue weighted by Crippen LogP contribution is 2.26. The van der Waals surface area contributed by atoms with E-state index in [0.717, 1.165) is 0 Å². The van der Waals surface area contributed by atoms with Crippen LogP contribution in [0.15, 0.2) is 15.0 Å². The van der Waals surface area contributed by atoms with Gasteiger partial charge >= 0.3 is 0 Å². The van der Waals surface area contributed by atoms with Gasteiger partial charge in [0.25, 0.3) is 0 Å². The maximum atomic E-state index is 9.95. The van der Waals surface area contributed by atoms with E-state index in [-0.39, 0.29) is 18.3 Å². The monoisotopic (exact) mass is 252 g/mol. The number of hydrogen-bond acceptors (Lipinski definition) is 7. The molecule has 3 heterocycles. The molecule has 0 spiro atoms. The number of rotatable bonds is 2. The lowest BCUT2D eigenvalue weighted by Gasteiger charge is -2.27. The molecule has 4 atom stereocenters. The van der Waals surface area contributed by atoms with Gasteiger partial charge in [-0.15, -0.1) is 0 Å². The predicted molar refractivity (Wildman–Crippen MR) is 64.1 cm³/mol. The van der Waals surface area contributed by atoms with Gasteiger partial charge < -0.3 is 14.9 Å². The molecule has 8 nitrogen and oxygen atoms in total. The Morgan fingerprint density at radius 3 is 3.22 bits per heavy atom. The minimum atomic E-state index is -1.67. The Hall–Kier alpha value is -1.64. The summed E-state index contributed by atoms with van der Waals surface area (Å²) in [5.74, 6) is -0.0578. The largest absolute Gasteiger partial charge is 0.394 e. The molecule has 3 N–H and O–H groups in total. The molecule has 3 rings (SSSR count). The summed E-state index contributed by atoms with van der Waals surface area (Å²) in [6.07, 6.45) is 0.772. The first-order valence-corrected chi connectivity index (χ1v) is 5.54. The van der Waals surface area contributed by atoms with Crippen molar-refractivity contribution in [3.05, 3.63) is 0 Å². The summed E-state index contributed by atoms with van der Waals surface area (Å²) in [6.45, 7) is -0.186. The van der Waals surface area contributed by atoms with Crippen LogP contribution in [0.3, 0.4) is 0 Å². The van der Waals surface area contributed by atoms with Gasteiger partial charge in [-0.2, -0.15) is 0 Å². The molecule has 0 radical (unpaired) electrons. The highest BCUT2D eigenvalue weighted by atomic mass is 16.5. The Morgan fingerprint density at radius 1 is 1.67 bits per heavy atom. The van der Waals surface area contributed by atoms with Crippen LogP contribution in [0.1, 0.15) is 7.79 Å². The van der Waals surface area contributed by atoms with E-state index in [9.17, 15) is 5.11 Å².